The van der Waals surface area contributed by atoms with Gasteiger partial charge in [-0.2, -0.15) is 0 Å². The summed E-state index contributed by atoms with van der Waals surface area (Å²) >= 11 is 0. The fraction of sp³-hybridized carbons (Fsp3) is 0.400. The molecule has 1 aromatic rings. The van der Waals surface area contributed by atoms with Crippen molar-refractivity contribution >= 4 is 12.0 Å². The van der Waals surface area contributed by atoms with E-state index >= 15 is 0 Å². The first-order valence-electron chi connectivity index (χ1n) is 6.52. The lowest BCUT2D eigenvalue weighted by atomic mass is 10.00. The van der Waals surface area contributed by atoms with Crippen LogP contribution in [-0.4, -0.2) is 37.9 Å². The molecule has 0 aromatic heterocycles. The monoisotopic (exact) mass is 277 g/mol. The molecular formula is C15H19NO4. The number of nitrogens with one attached hydrogen (secondary N) is 1. The van der Waals surface area contributed by atoms with Crippen LogP contribution in [0.2, 0.25) is 0 Å². The van der Waals surface area contributed by atoms with Gasteiger partial charge in [-0.25, -0.2) is 0 Å². The summed E-state index contributed by atoms with van der Waals surface area (Å²) in [5.41, 5.74) is 0.865. The fourth-order valence-corrected chi connectivity index (χ4v) is 2.38. The van der Waals surface area contributed by atoms with Crippen LogP contribution >= 0.6 is 0 Å². The van der Waals surface area contributed by atoms with Gasteiger partial charge in [0.2, 0.25) is 0 Å². The minimum Gasteiger partial charge on any atom is -0.497 e. The first-order valence-corrected chi connectivity index (χ1v) is 6.52. The van der Waals surface area contributed by atoms with Crippen LogP contribution in [-0.2, 0) is 4.79 Å². The van der Waals surface area contributed by atoms with Gasteiger partial charge in [-0.1, -0.05) is 12.2 Å². The molecule has 5 nitrogen and oxygen atoms in total. The first-order chi connectivity index (χ1) is 9.65. The van der Waals surface area contributed by atoms with Crippen LogP contribution in [0.4, 0.5) is 0 Å². The first kappa shape index (κ1) is 14.4. The maximum absolute atomic E-state index is 11.1. The second-order valence-corrected chi connectivity index (χ2v) is 4.68. The zero-order valence-corrected chi connectivity index (χ0v) is 11.6. The summed E-state index contributed by atoms with van der Waals surface area (Å²) in [6, 6.07) is 5.36. The van der Waals surface area contributed by atoms with E-state index in [-0.39, 0.29) is 12.0 Å². The third kappa shape index (κ3) is 3.11. The Labute approximate surface area is 118 Å². The number of carbonyl (C=O) groups is 1. The molecular weight excluding hydrogens is 258 g/mol. The van der Waals surface area contributed by atoms with Gasteiger partial charge in [0.25, 0.3) is 0 Å². The van der Waals surface area contributed by atoms with Crippen molar-refractivity contribution in [3.63, 3.8) is 0 Å². The Balaban J connectivity index is 2.20. The van der Waals surface area contributed by atoms with E-state index in [0.717, 1.165) is 23.6 Å². The van der Waals surface area contributed by atoms with Crippen LogP contribution < -0.4 is 14.8 Å². The van der Waals surface area contributed by atoms with Gasteiger partial charge < -0.3 is 19.9 Å². The summed E-state index contributed by atoms with van der Waals surface area (Å²) in [5, 5.41) is 12.3. The number of carboxylic acids is 1. The molecule has 0 radical (unpaired) electrons. The second kappa shape index (κ2) is 6.43. The average molecular weight is 277 g/mol. The molecule has 1 fully saturated rings. The molecule has 1 heterocycles. The van der Waals surface area contributed by atoms with Crippen molar-refractivity contribution in [2.75, 3.05) is 20.8 Å². The van der Waals surface area contributed by atoms with Gasteiger partial charge in [0.15, 0.2) is 0 Å². The lowest BCUT2D eigenvalue weighted by Gasteiger charge is -2.12. The van der Waals surface area contributed by atoms with E-state index in [1.54, 1.807) is 14.2 Å². The van der Waals surface area contributed by atoms with Crippen LogP contribution in [0.15, 0.2) is 24.3 Å². The zero-order chi connectivity index (χ0) is 14.5. The molecule has 20 heavy (non-hydrogen) atoms. The van der Waals surface area contributed by atoms with Gasteiger partial charge in [0, 0.05) is 11.6 Å². The molecule has 2 rings (SSSR count). The van der Waals surface area contributed by atoms with Gasteiger partial charge in [0.05, 0.1) is 20.1 Å². The van der Waals surface area contributed by atoms with Crippen LogP contribution in [0, 0.1) is 5.92 Å². The molecule has 1 aromatic carbocycles. The Hall–Kier alpha value is -2.01. The van der Waals surface area contributed by atoms with E-state index in [2.05, 4.69) is 5.32 Å². The minimum absolute atomic E-state index is 0.150. The van der Waals surface area contributed by atoms with E-state index in [1.165, 1.54) is 0 Å². The van der Waals surface area contributed by atoms with Crippen LogP contribution in [0.1, 0.15) is 12.0 Å². The van der Waals surface area contributed by atoms with Crippen molar-refractivity contribution in [3.8, 4) is 11.5 Å². The summed E-state index contributed by atoms with van der Waals surface area (Å²) in [6.07, 6.45) is 4.41. The standard InChI is InChI=1S/C15H19NO4/c1-19-11-4-6-14(20-2)10(9-11)3-5-13-12(15(17)18)7-8-16-13/h3-6,9,12-13,16H,7-8H2,1-2H3,(H,17,18)/b5-3-. The van der Waals surface area contributed by atoms with E-state index in [9.17, 15) is 4.79 Å². The smallest absolute Gasteiger partial charge is 0.308 e. The lowest BCUT2D eigenvalue weighted by molar-refractivity contribution is -0.141. The molecule has 0 spiro atoms. The largest absolute Gasteiger partial charge is 0.497 e. The fourth-order valence-electron chi connectivity index (χ4n) is 2.38. The second-order valence-electron chi connectivity index (χ2n) is 4.68. The minimum atomic E-state index is -0.762. The van der Waals surface area contributed by atoms with Crippen molar-refractivity contribution in [3.05, 3.63) is 29.8 Å². The highest BCUT2D eigenvalue weighted by Crippen LogP contribution is 2.26. The summed E-state index contributed by atoms with van der Waals surface area (Å²) in [5.74, 6) is 0.330. The highest BCUT2D eigenvalue weighted by Gasteiger charge is 2.30. The molecule has 0 aliphatic carbocycles. The van der Waals surface area contributed by atoms with Gasteiger partial charge in [-0.3, -0.25) is 4.79 Å². The topological polar surface area (TPSA) is 67.8 Å². The van der Waals surface area contributed by atoms with Crippen LogP contribution in [0.25, 0.3) is 6.08 Å². The molecule has 2 N–H and O–H groups in total. The Bertz CT molecular complexity index is 513. The lowest BCUT2D eigenvalue weighted by Crippen LogP contribution is -2.29. The van der Waals surface area contributed by atoms with Crippen molar-refractivity contribution in [1.82, 2.24) is 5.32 Å². The number of hydrogen-bond donors (Lipinski definition) is 2. The molecule has 1 aliphatic rings. The molecule has 0 bridgehead atoms. The van der Waals surface area contributed by atoms with Gasteiger partial charge in [-0.05, 0) is 31.2 Å². The SMILES string of the molecule is COc1ccc(OC)c(/C=C\C2NCCC2C(=O)O)c1. The predicted octanol–water partition coefficient (Wildman–Crippen LogP) is 1.78. The predicted molar refractivity (Wildman–Crippen MR) is 76.1 cm³/mol. The molecule has 2 atom stereocenters. The number of hydrogen-bond acceptors (Lipinski definition) is 4. The van der Waals surface area contributed by atoms with Gasteiger partial charge in [-0.15, -0.1) is 0 Å². The number of aliphatic carboxylic acids is 1. The summed E-state index contributed by atoms with van der Waals surface area (Å²) in [6.45, 7) is 0.723. The van der Waals surface area contributed by atoms with Crippen molar-refractivity contribution in [1.29, 1.82) is 0 Å². The number of carboxylic acid groups (broad SMARTS) is 1. The molecule has 0 saturated carbocycles. The van der Waals surface area contributed by atoms with E-state index in [0.29, 0.717) is 6.42 Å². The van der Waals surface area contributed by atoms with E-state index in [1.807, 2.05) is 30.4 Å². The van der Waals surface area contributed by atoms with Crippen molar-refractivity contribution in [2.24, 2.45) is 5.92 Å². The average Bonchev–Trinajstić information content (AvgIpc) is 2.93. The van der Waals surface area contributed by atoms with Crippen LogP contribution in [0.5, 0.6) is 11.5 Å². The number of rotatable bonds is 5. The van der Waals surface area contributed by atoms with Crippen LogP contribution in [0.3, 0.4) is 0 Å². The molecule has 2 unspecified atom stereocenters. The van der Waals surface area contributed by atoms with E-state index in [4.69, 9.17) is 14.6 Å². The van der Waals surface area contributed by atoms with E-state index < -0.39 is 5.97 Å². The van der Waals surface area contributed by atoms with Gasteiger partial charge in [0.1, 0.15) is 11.5 Å². The molecule has 1 saturated heterocycles. The molecule has 108 valence electrons. The summed E-state index contributed by atoms with van der Waals surface area (Å²) in [7, 11) is 3.21. The third-order valence-electron chi connectivity index (χ3n) is 3.51. The Morgan fingerprint density at radius 3 is 2.85 bits per heavy atom. The molecule has 5 heteroatoms. The van der Waals surface area contributed by atoms with Crippen molar-refractivity contribution in [2.45, 2.75) is 12.5 Å². The normalized spacial score (nSPS) is 22.1. The Morgan fingerprint density at radius 1 is 1.40 bits per heavy atom. The third-order valence-corrected chi connectivity index (χ3v) is 3.51. The molecule has 0 amide bonds. The Morgan fingerprint density at radius 2 is 2.20 bits per heavy atom. The Kier molecular flexibility index (Phi) is 4.63. The maximum Gasteiger partial charge on any atom is 0.308 e. The van der Waals surface area contributed by atoms with Gasteiger partial charge >= 0.3 is 5.97 Å². The molecule has 1 aliphatic heterocycles. The summed E-state index contributed by atoms with van der Waals surface area (Å²) in [4.78, 5) is 11.1. The zero-order valence-electron chi connectivity index (χ0n) is 11.6. The van der Waals surface area contributed by atoms with Crippen molar-refractivity contribution < 1.29 is 19.4 Å². The highest BCUT2D eigenvalue weighted by molar-refractivity contribution is 5.72. The maximum atomic E-state index is 11.1. The number of methoxy groups -OCH3 is 2. The highest BCUT2D eigenvalue weighted by atomic mass is 16.5. The number of benzene rings is 1. The quantitative estimate of drug-likeness (QED) is 0.858. The number of ether oxygens (including phenoxy) is 2. The summed E-state index contributed by atoms with van der Waals surface area (Å²) < 4.78 is 10.5.